The van der Waals surface area contributed by atoms with Gasteiger partial charge in [0.15, 0.2) is 0 Å². The predicted octanol–water partition coefficient (Wildman–Crippen LogP) is 4.46. The molecule has 4 aromatic rings. The third-order valence-corrected chi connectivity index (χ3v) is 5.56. The van der Waals surface area contributed by atoms with Crippen LogP contribution in [-0.4, -0.2) is 40.5 Å². The van der Waals surface area contributed by atoms with Gasteiger partial charge in [-0.1, -0.05) is 48.0 Å². The summed E-state index contributed by atoms with van der Waals surface area (Å²) in [4.78, 5) is 9.72. The predicted molar refractivity (Wildman–Crippen MR) is 112 cm³/mol. The summed E-state index contributed by atoms with van der Waals surface area (Å²) in [5, 5.41) is 0.740. The number of aromatic nitrogens is 2. The molecule has 0 saturated carbocycles. The number of para-hydroxylation sites is 1. The molecule has 0 spiro atoms. The fraction of sp³-hybridized carbons (Fsp3) is 0.227. The van der Waals surface area contributed by atoms with Crippen molar-refractivity contribution in [2.45, 2.75) is 6.54 Å². The van der Waals surface area contributed by atoms with E-state index in [2.05, 4.69) is 62.7 Å². The zero-order valence-corrected chi connectivity index (χ0v) is 15.8. The first kappa shape index (κ1) is 16.6. The summed E-state index contributed by atoms with van der Waals surface area (Å²) >= 11 is 6.19. The van der Waals surface area contributed by atoms with Crippen LogP contribution in [0, 0.1) is 0 Å². The van der Waals surface area contributed by atoms with Gasteiger partial charge in [-0.05, 0) is 23.8 Å². The van der Waals surface area contributed by atoms with Crippen LogP contribution in [0.5, 0.6) is 0 Å². The second-order valence-electron chi connectivity index (χ2n) is 7.11. The van der Waals surface area contributed by atoms with Gasteiger partial charge in [-0.25, -0.2) is 0 Å². The number of anilines is 1. The maximum absolute atomic E-state index is 6.19. The van der Waals surface area contributed by atoms with Crippen LogP contribution in [0.15, 0.2) is 67.0 Å². The molecule has 4 nitrogen and oxygen atoms in total. The summed E-state index contributed by atoms with van der Waals surface area (Å²) in [6.07, 6.45) is 3.87. The Kier molecular flexibility index (Phi) is 4.23. The van der Waals surface area contributed by atoms with Crippen molar-refractivity contribution >= 4 is 33.8 Å². The Labute approximate surface area is 163 Å². The molecule has 1 aliphatic rings. The largest absolute Gasteiger partial charge is 0.367 e. The Hall–Kier alpha value is -2.56. The number of nitrogens with zero attached hydrogens (tertiary/aromatic N) is 4. The minimum absolute atomic E-state index is 0.740. The van der Waals surface area contributed by atoms with Gasteiger partial charge in [0.2, 0.25) is 0 Å². The van der Waals surface area contributed by atoms with E-state index in [4.69, 9.17) is 16.6 Å². The number of rotatable bonds is 3. The first-order valence-corrected chi connectivity index (χ1v) is 9.72. The number of piperazine rings is 1. The topological polar surface area (TPSA) is 23.8 Å². The quantitative estimate of drug-likeness (QED) is 0.527. The Bertz CT molecular complexity index is 1080. The number of hydrogen-bond donors (Lipinski definition) is 0. The zero-order chi connectivity index (χ0) is 18.2. The summed E-state index contributed by atoms with van der Waals surface area (Å²) in [5.74, 6) is 0. The van der Waals surface area contributed by atoms with Gasteiger partial charge in [0.1, 0.15) is 5.52 Å². The molecular weight excluding hydrogens is 356 g/mol. The molecule has 5 rings (SSSR count). The molecule has 1 fully saturated rings. The molecule has 0 N–H and O–H groups in total. The third kappa shape index (κ3) is 3.15. The summed E-state index contributed by atoms with van der Waals surface area (Å²) in [7, 11) is 0. The van der Waals surface area contributed by atoms with E-state index in [1.807, 2.05) is 18.5 Å². The maximum atomic E-state index is 6.19. The molecule has 0 radical (unpaired) electrons. The molecular formula is C22H21ClN4. The monoisotopic (exact) mass is 376 g/mol. The fourth-order valence-corrected chi connectivity index (χ4v) is 4.18. The minimum Gasteiger partial charge on any atom is -0.367 e. The lowest BCUT2D eigenvalue weighted by Gasteiger charge is -2.36. The molecule has 3 heterocycles. The van der Waals surface area contributed by atoms with E-state index >= 15 is 0 Å². The van der Waals surface area contributed by atoms with Crippen LogP contribution in [-0.2, 0) is 6.54 Å². The molecule has 0 unspecified atom stereocenters. The van der Waals surface area contributed by atoms with Gasteiger partial charge in [-0.3, -0.25) is 9.88 Å². The normalized spacial score (nSPS) is 15.7. The highest BCUT2D eigenvalue weighted by Gasteiger charge is 2.19. The summed E-state index contributed by atoms with van der Waals surface area (Å²) < 4.78 is 2.12. The molecule has 0 aliphatic carbocycles. The van der Waals surface area contributed by atoms with Gasteiger partial charge >= 0.3 is 0 Å². The second kappa shape index (κ2) is 6.87. The highest BCUT2D eigenvalue weighted by atomic mass is 35.5. The fourth-order valence-electron chi connectivity index (χ4n) is 3.97. The highest BCUT2D eigenvalue weighted by molar-refractivity contribution is 6.31. The van der Waals surface area contributed by atoms with Gasteiger partial charge in [-0.15, -0.1) is 0 Å². The summed E-state index contributed by atoms with van der Waals surface area (Å²) in [6.45, 7) is 5.16. The molecule has 0 atom stereocenters. The van der Waals surface area contributed by atoms with Crippen molar-refractivity contribution in [1.82, 2.24) is 14.3 Å². The van der Waals surface area contributed by atoms with Crippen LogP contribution in [0.3, 0.4) is 0 Å². The molecule has 136 valence electrons. The van der Waals surface area contributed by atoms with E-state index in [1.54, 1.807) is 0 Å². The van der Waals surface area contributed by atoms with Crippen molar-refractivity contribution in [2.24, 2.45) is 0 Å². The van der Waals surface area contributed by atoms with E-state index in [-0.39, 0.29) is 0 Å². The molecule has 1 saturated heterocycles. The van der Waals surface area contributed by atoms with Gasteiger partial charge in [-0.2, -0.15) is 0 Å². The maximum Gasteiger partial charge on any atom is 0.110 e. The van der Waals surface area contributed by atoms with Crippen LogP contribution in [0.1, 0.15) is 5.56 Å². The lowest BCUT2D eigenvalue weighted by atomic mass is 10.1. The highest BCUT2D eigenvalue weighted by Crippen LogP contribution is 2.28. The van der Waals surface area contributed by atoms with Crippen LogP contribution < -0.4 is 4.90 Å². The van der Waals surface area contributed by atoms with Crippen molar-refractivity contribution < 1.29 is 0 Å². The van der Waals surface area contributed by atoms with Gasteiger partial charge < -0.3 is 9.30 Å². The number of benzene rings is 2. The standard InChI is InChI=1S/C22H21ClN4/c23-18-13-19-14-24-22-20(7-4-8-21(22)27(19)16-18)26-11-9-25(10-12-26)15-17-5-2-1-3-6-17/h1-8,13-14,16H,9-12,15H2. The van der Waals surface area contributed by atoms with E-state index < -0.39 is 0 Å². The molecule has 0 bridgehead atoms. The minimum atomic E-state index is 0.740. The zero-order valence-electron chi connectivity index (χ0n) is 15.1. The molecule has 2 aromatic heterocycles. The molecule has 2 aromatic carbocycles. The molecule has 0 amide bonds. The van der Waals surface area contributed by atoms with Crippen LogP contribution in [0.25, 0.3) is 16.6 Å². The smallest absolute Gasteiger partial charge is 0.110 e. The average Bonchev–Trinajstić information content (AvgIpc) is 3.10. The summed E-state index contributed by atoms with van der Waals surface area (Å²) in [6, 6.07) is 19.1. The number of fused-ring (bicyclic) bond motifs is 3. The Balaban J connectivity index is 1.39. The van der Waals surface area contributed by atoms with E-state index in [1.165, 1.54) is 11.3 Å². The van der Waals surface area contributed by atoms with Crippen molar-refractivity contribution in [3.63, 3.8) is 0 Å². The van der Waals surface area contributed by atoms with Gasteiger partial charge in [0, 0.05) is 38.9 Å². The van der Waals surface area contributed by atoms with E-state index in [0.29, 0.717) is 0 Å². The number of halogens is 1. The molecule has 1 aliphatic heterocycles. The van der Waals surface area contributed by atoms with Crippen molar-refractivity contribution in [3.05, 3.63) is 77.6 Å². The number of hydrogen-bond acceptors (Lipinski definition) is 3. The molecule has 27 heavy (non-hydrogen) atoms. The van der Waals surface area contributed by atoms with Gasteiger partial charge in [0.25, 0.3) is 0 Å². The lowest BCUT2D eigenvalue weighted by molar-refractivity contribution is 0.250. The van der Waals surface area contributed by atoms with Crippen LogP contribution in [0.2, 0.25) is 5.02 Å². The SMILES string of the molecule is Clc1cc2cnc3c(N4CCN(Cc5ccccc5)CC4)cccc3n2c1. The summed E-state index contributed by atoms with van der Waals surface area (Å²) in [5.41, 5.74) is 5.75. The Morgan fingerprint density at radius 2 is 1.74 bits per heavy atom. The van der Waals surface area contributed by atoms with Crippen LogP contribution >= 0.6 is 11.6 Å². The van der Waals surface area contributed by atoms with Crippen molar-refractivity contribution in [1.29, 1.82) is 0 Å². The van der Waals surface area contributed by atoms with E-state index in [9.17, 15) is 0 Å². The third-order valence-electron chi connectivity index (χ3n) is 5.36. The van der Waals surface area contributed by atoms with E-state index in [0.717, 1.165) is 54.3 Å². The first-order chi connectivity index (χ1) is 13.3. The average molecular weight is 377 g/mol. The Morgan fingerprint density at radius 3 is 2.56 bits per heavy atom. The van der Waals surface area contributed by atoms with Crippen molar-refractivity contribution in [2.75, 3.05) is 31.1 Å². The van der Waals surface area contributed by atoms with Gasteiger partial charge in [0.05, 0.1) is 27.9 Å². The molecule has 5 heteroatoms. The van der Waals surface area contributed by atoms with Crippen LogP contribution in [0.4, 0.5) is 5.69 Å². The Morgan fingerprint density at radius 1 is 0.926 bits per heavy atom. The lowest BCUT2D eigenvalue weighted by Crippen LogP contribution is -2.46. The first-order valence-electron chi connectivity index (χ1n) is 9.34. The van der Waals surface area contributed by atoms with Crippen molar-refractivity contribution in [3.8, 4) is 0 Å². The second-order valence-corrected chi connectivity index (χ2v) is 7.54.